The first-order valence-corrected chi connectivity index (χ1v) is 10.7. The summed E-state index contributed by atoms with van der Waals surface area (Å²) < 4.78 is 1.91. The summed E-state index contributed by atoms with van der Waals surface area (Å²) in [6.07, 6.45) is 8.93. The minimum Gasteiger partial charge on any atom is -0.349 e. The number of aryl methyl sites for hydroxylation is 1. The van der Waals surface area contributed by atoms with Crippen molar-refractivity contribution in [1.29, 1.82) is 0 Å². The number of carbonyl (C=O) groups excluding carboxylic acids is 3. The predicted molar refractivity (Wildman–Crippen MR) is 109 cm³/mol. The molecule has 0 radical (unpaired) electrons. The van der Waals surface area contributed by atoms with Crippen molar-refractivity contribution in [1.82, 2.24) is 15.1 Å². The third-order valence-electron chi connectivity index (χ3n) is 4.60. The lowest BCUT2D eigenvalue weighted by Gasteiger charge is -2.22. The van der Waals surface area contributed by atoms with Gasteiger partial charge >= 0.3 is 6.15 Å². The van der Waals surface area contributed by atoms with Crippen LogP contribution in [0.25, 0.3) is 5.69 Å². The second kappa shape index (κ2) is 11.5. The standard InChI is InChI=1S/C20H27N3OS.CO2/c1-3-12-25-20-18(19(24)22-16-9-5-4-6-10-16)14-21-23(20)17-11-7-8-15(2)13-17;2-1-3/h7-8,11,13-14,16H,3-6,9-10,12H2,1-2H3,(H,22,24);. The third kappa shape index (κ3) is 6.08. The number of nitrogens with zero attached hydrogens (tertiary/aromatic N) is 2. The summed E-state index contributed by atoms with van der Waals surface area (Å²) in [7, 11) is 0. The Labute approximate surface area is 170 Å². The first-order valence-electron chi connectivity index (χ1n) is 9.68. The van der Waals surface area contributed by atoms with Gasteiger partial charge in [0.2, 0.25) is 0 Å². The van der Waals surface area contributed by atoms with Gasteiger partial charge in [-0.25, -0.2) is 4.68 Å². The Bertz CT molecular complexity index is 807. The van der Waals surface area contributed by atoms with Crippen LogP contribution in [0.5, 0.6) is 0 Å². The first kappa shape index (κ1) is 21.9. The number of benzene rings is 1. The van der Waals surface area contributed by atoms with E-state index in [1.807, 2.05) is 16.8 Å². The van der Waals surface area contributed by atoms with Crippen LogP contribution in [-0.4, -0.2) is 33.6 Å². The molecule has 1 aliphatic carbocycles. The van der Waals surface area contributed by atoms with Crippen molar-refractivity contribution in [2.75, 3.05) is 5.75 Å². The summed E-state index contributed by atoms with van der Waals surface area (Å²) in [4.78, 5) is 29.1. The maximum atomic E-state index is 12.8. The zero-order valence-corrected chi connectivity index (χ0v) is 17.3. The SMILES string of the molecule is CCCSc1c(C(=O)NC2CCCCC2)cnn1-c1cccc(C)c1.O=C=O. The van der Waals surface area contributed by atoms with Crippen molar-refractivity contribution < 1.29 is 14.4 Å². The van der Waals surface area contributed by atoms with Gasteiger partial charge in [0.25, 0.3) is 5.91 Å². The number of thioether (sulfide) groups is 1. The Morgan fingerprint density at radius 1 is 1.29 bits per heavy atom. The molecule has 1 saturated carbocycles. The van der Waals surface area contributed by atoms with Gasteiger partial charge in [-0.15, -0.1) is 11.8 Å². The number of nitrogens with one attached hydrogen (secondary N) is 1. The lowest BCUT2D eigenvalue weighted by molar-refractivity contribution is -0.191. The third-order valence-corrected chi connectivity index (χ3v) is 5.88. The molecular formula is C21H27N3O3S. The molecule has 1 amide bonds. The van der Waals surface area contributed by atoms with Crippen LogP contribution in [0.3, 0.4) is 0 Å². The van der Waals surface area contributed by atoms with E-state index in [4.69, 9.17) is 9.59 Å². The molecule has 1 heterocycles. The molecule has 1 aliphatic rings. The van der Waals surface area contributed by atoms with Crippen LogP contribution in [0.15, 0.2) is 35.5 Å². The molecule has 1 aromatic carbocycles. The maximum absolute atomic E-state index is 12.8. The van der Waals surface area contributed by atoms with Crippen LogP contribution in [0.2, 0.25) is 0 Å². The summed E-state index contributed by atoms with van der Waals surface area (Å²) in [5.74, 6) is 0.991. The summed E-state index contributed by atoms with van der Waals surface area (Å²) in [5.41, 5.74) is 2.90. The van der Waals surface area contributed by atoms with Crippen LogP contribution in [0.4, 0.5) is 0 Å². The van der Waals surface area contributed by atoms with Gasteiger partial charge in [-0.2, -0.15) is 14.7 Å². The summed E-state index contributed by atoms with van der Waals surface area (Å²) >= 11 is 1.71. The smallest absolute Gasteiger partial charge is 0.349 e. The Morgan fingerprint density at radius 3 is 2.64 bits per heavy atom. The van der Waals surface area contributed by atoms with Crippen LogP contribution in [-0.2, 0) is 9.59 Å². The molecule has 6 nitrogen and oxygen atoms in total. The van der Waals surface area contributed by atoms with E-state index >= 15 is 0 Å². The van der Waals surface area contributed by atoms with Gasteiger partial charge in [0, 0.05) is 6.04 Å². The quantitative estimate of drug-likeness (QED) is 0.735. The van der Waals surface area contributed by atoms with E-state index in [1.165, 1.54) is 24.8 Å². The Kier molecular flexibility index (Phi) is 8.98. The van der Waals surface area contributed by atoms with Gasteiger partial charge in [-0.1, -0.05) is 38.3 Å². The molecule has 0 atom stereocenters. The van der Waals surface area contributed by atoms with E-state index in [0.717, 1.165) is 35.7 Å². The second-order valence-electron chi connectivity index (χ2n) is 6.85. The molecule has 150 valence electrons. The highest BCUT2D eigenvalue weighted by Gasteiger charge is 2.22. The molecule has 3 rings (SSSR count). The van der Waals surface area contributed by atoms with Crippen LogP contribution in [0, 0.1) is 6.92 Å². The van der Waals surface area contributed by atoms with Gasteiger partial charge in [0.15, 0.2) is 0 Å². The maximum Gasteiger partial charge on any atom is 0.373 e. The Balaban J connectivity index is 0.000000878. The second-order valence-corrected chi connectivity index (χ2v) is 7.94. The molecule has 0 saturated heterocycles. The molecule has 28 heavy (non-hydrogen) atoms. The number of aromatic nitrogens is 2. The molecule has 2 aromatic rings. The largest absolute Gasteiger partial charge is 0.373 e. The Morgan fingerprint density at radius 2 is 2.00 bits per heavy atom. The lowest BCUT2D eigenvalue weighted by atomic mass is 9.95. The minimum absolute atomic E-state index is 0.0180. The molecule has 1 N–H and O–H groups in total. The number of hydrogen-bond acceptors (Lipinski definition) is 5. The fourth-order valence-electron chi connectivity index (χ4n) is 3.28. The van der Waals surface area contributed by atoms with Crippen molar-refractivity contribution in [3.8, 4) is 5.69 Å². The summed E-state index contributed by atoms with van der Waals surface area (Å²) in [6.45, 7) is 4.23. The number of carbonyl (C=O) groups is 1. The van der Waals surface area contributed by atoms with Gasteiger partial charge in [-0.3, -0.25) is 4.79 Å². The van der Waals surface area contributed by atoms with Crippen molar-refractivity contribution in [2.24, 2.45) is 0 Å². The van der Waals surface area contributed by atoms with Crippen molar-refractivity contribution in [3.63, 3.8) is 0 Å². The van der Waals surface area contributed by atoms with E-state index in [1.54, 1.807) is 18.0 Å². The Hall–Kier alpha value is -2.37. The fraction of sp³-hybridized carbons (Fsp3) is 0.476. The normalized spacial score (nSPS) is 13.9. The van der Waals surface area contributed by atoms with Gasteiger partial charge in [-0.05, 0) is 49.6 Å². The average molecular weight is 402 g/mol. The van der Waals surface area contributed by atoms with E-state index in [9.17, 15) is 4.79 Å². The molecule has 0 bridgehead atoms. The minimum atomic E-state index is 0.0180. The fourth-order valence-corrected chi connectivity index (χ4v) is 4.26. The highest BCUT2D eigenvalue weighted by molar-refractivity contribution is 7.99. The summed E-state index contributed by atoms with van der Waals surface area (Å²) in [5, 5.41) is 8.70. The molecule has 1 fully saturated rings. The zero-order chi connectivity index (χ0) is 20.4. The molecular weight excluding hydrogens is 374 g/mol. The topological polar surface area (TPSA) is 81.1 Å². The van der Waals surface area contributed by atoms with E-state index in [2.05, 4.69) is 36.4 Å². The molecule has 1 aromatic heterocycles. The first-order chi connectivity index (χ1) is 13.6. The molecule has 0 unspecified atom stereocenters. The van der Waals surface area contributed by atoms with Crippen LogP contribution >= 0.6 is 11.8 Å². The monoisotopic (exact) mass is 401 g/mol. The average Bonchev–Trinajstić information content (AvgIpc) is 3.12. The van der Waals surface area contributed by atoms with Gasteiger partial charge in [0.1, 0.15) is 5.03 Å². The van der Waals surface area contributed by atoms with Gasteiger partial charge < -0.3 is 5.32 Å². The molecule has 0 spiro atoms. The number of hydrogen-bond donors (Lipinski definition) is 1. The van der Waals surface area contributed by atoms with E-state index in [0.29, 0.717) is 11.6 Å². The zero-order valence-electron chi connectivity index (χ0n) is 16.4. The lowest BCUT2D eigenvalue weighted by Crippen LogP contribution is -2.36. The summed E-state index contributed by atoms with van der Waals surface area (Å²) in [6, 6.07) is 8.56. The van der Waals surface area contributed by atoms with Crippen molar-refractivity contribution in [2.45, 2.75) is 63.4 Å². The van der Waals surface area contributed by atoms with E-state index < -0.39 is 0 Å². The highest BCUT2D eigenvalue weighted by Crippen LogP contribution is 2.27. The predicted octanol–water partition coefficient (Wildman–Crippen LogP) is 4.16. The highest BCUT2D eigenvalue weighted by atomic mass is 32.2. The van der Waals surface area contributed by atoms with Crippen LogP contribution < -0.4 is 5.32 Å². The van der Waals surface area contributed by atoms with Gasteiger partial charge in [0.05, 0.1) is 17.4 Å². The van der Waals surface area contributed by atoms with E-state index in [-0.39, 0.29) is 12.1 Å². The van der Waals surface area contributed by atoms with Crippen molar-refractivity contribution in [3.05, 3.63) is 41.6 Å². The van der Waals surface area contributed by atoms with Crippen molar-refractivity contribution >= 4 is 23.8 Å². The molecule has 0 aliphatic heterocycles. The number of rotatable bonds is 6. The van der Waals surface area contributed by atoms with Crippen LogP contribution in [0.1, 0.15) is 61.4 Å². The molecule has 7 heteroatoms. The number of amides is 1.